The van der Waals surface area contributed by atoms with Crippen molar-refractivity contribution in [3.63, 3.8) is 0 Å². The van der Waals surface area contributed by atoms with Gasteiger partial charge in [0.05, 0.1) is 6.20 Å². The van der Waals surface area contributed by atoms with E-state index in [2.05, 4.69) is 5.10 Å². The largest absolute Gasteiger partial charge is 0.489 e. The van der Waals surface area contributed by atoms with E-state index in [1.165, 1.54) is 10.9 Å². The van der Waals surface area contributed by atoms with Crippen molar-refractivity contribution in [1.29, 1.82) is 0 Å². The second-order valence-corrected chi connectivity index (χ2v) is 4.32. The maximum Gasteiger partial charge on any atom is 0.354 e. The molecule has 0 spiro atoms. The van der Waals surface area contributed by atoms with Crippen molar-refractivity contribution in [1.82, 2.24) is 9.78 Å². The zero-order chi connectivity index (χ0) is 13.8. The third-order valence-electron chi connectivity index (χ3n) is 2.61. The molecule has 100 valence electrons. The molecule has 0 radical (unpaired) electrons. The molecule has 0 aliphatic rings. The van der Waals surface area contributed by atoms with Crippen molar-refractivity contribution in [2.75, 3.05) is 0 Å². The van der Waals surface area contributed by atoms with Crippen LogP contribution in [0.2, 0.25) is 5.02 Å². The Hall–Kier alpha value is -2.01. The number of aromatic nitrogens is 2. The predicted molar refractivity (Wildman–Crippen MR) is 70.6 cm³/mol. The molecule has 0 amide bonds. The number of hydrogen-bond acceptors (Lipinski definition) is 3. The van der Waals surface area contributed by atoms with Crippen molar-refractivity contribution < 1.29 is 14.6 Å². The first kappa shape index (κ1) is 13.4. The summed E-state index contributed by atoms with van der Waals surface area (Å²) in [6, 6.07) is 6.94. The molecule has 19 heavy (non-hydrogen) atoms. The molecular weight excluding hydrogens is 268 g/mol. The van der Waals surface area contributed by atoms with Gasteiger partial charge in [0.2, 0.25) is 0 Å². The Morgan fingerprint density at radius 3 is 2.95 bits per heavy atom. The lowest BCUT2D eigenvalue weighted by atomic mass is 10.2. The van der Waals surface area contributed by atoms with Gasteiger partial charge in [0, 0.05) is 17.1 Å². The van der Waals surface area contributed by atoms with Crippen molar-refractivity contribution >= 4 is 17.6 Å². The molecule has 2 aromatic rings. The number of halogens is 1. The monoisotopic (exact) mass is 280 g/mol. The number of aromatic carboxylic acids is 1. The molecule has 1 aromatic carbocycles. The minimum atomic E-state index is -1.01. The standard InChI is InChI=1S/C13H13ClN2O3/c1-2-16-12(13(17)18)9(7-15-16)8-19-11-5-3-4-10(14)6-11/h3-7H,2,8H2,1H3,(H,17,18). The maximum absolute atomic E-state index is 11.2. The molecule has 0 atom stereocenters. The maximum atomic E-state index is 11.2. The molecule has 0 aliphatic carbocycles. The third kappa shape index (κ3) is 3.06. The smallest absolute Gasteiger partial charge is 0.354 e. The summed E-state index contributed by atoms with van der Waals surface area (Å²) < 4.78 is 6.95. The molecule has 0 fully saturated rings. The Morgan fingerprint density at radius 2 is 2.32 bits per heavy atom. The van der Waals surface area contributed by atoms with Gasteiger partial charge < -0.3 is 9.84 Å². The van der Waals surface area contributed by atoms with Crippen molar-refractivity contribution in [3.05, 3.63) is 46.7 Å². The van der Waals surface area contributed by atoms with Gasteiger partial charge in [-0.25, -0.2) is 4.79 Å². The van der Waals surface area contributed by atoms with Crippen LogP contribution in [0, 0.1) is 0 Å². The SMILES string of the molecule is CCn1ncc(COc2cccc(Cl)c2)c1C(=O)O. The zero-order valence-electron chi connectivity index (χ0n) is 10.3. The quantitative estimate of drug-likeness (QED) is 0.915. The Balaban J connectivity index is 2.16. The third-order valence-corrected chi connectivity index (χ3v) is 2.84. The molecule has 1 N–H and O–H groups in total. The Morgan fingerprint density at radius 1 is 1.53 bits per heavy atom. The predicted octanol–water partition coefficient (Wildman–Crippen LogP) is 2.83. The summed E-state index contributed by atoms with van der Waals surface area (Å²) in [6.07, 6.45) is 1.51. The molecule has 5 nitrogen and oxygen atoms in total. The van der Waals surface area contributed by atoms with Crippen LogP contribution in [-0.2, 0) is 13.2 Å². The highest BCUT2D eigenvalue weighted by Crippen LogP contribution is 2.19. The summed E-state index contributed by atoms with van der Waals surface area (Å²) in [5.41, 5.74) is 0.693. The topological polar surface area (TPSA) is 64.4 Å². The first-order valence-corrected chi connectivity index (χ1v) is 6.16. The highest BCUT2D eigenvalue weighted by atomic mass is 35.5. The molecule has 0 aliphatic heterocycles. The second-order valence-electron chi connectivity index (χ2n) is 3.89. The van der Waals surface area contributed by atoms with E-state index in [9.17, 15) is 9.90 Å². The highest BCUT2D eigenvalue weighted by Gasteiger charge is 2.17. The van der Waals surface area contributed by atoms with Crippen LogP contribution < -0.4 is 4.74 Å². The number of nitrogens with zero attached hydrogens (tertiary/aromatic N) is 2. The van der Waals surface area contributed by atoms with E-state index >= 15 is 0 Å². The van der Waals surface area contributed by atoms with E-state index in [1.807, 2.05) is 6.92 Å². The van der Waals surface area contributed by atoms with Crippen LogP contribution >= 0.6 is 11.6 Å². The zero-order valence-corrected chi connectivity index (χ0v) is 11.1. The number of carbonyl (C=O) groups is 1. The van der Waals surface area contributed by atoms with Gasteiger partial charge in [-0.05, 0) is 25.1 Å². The van der Waals surface area contributed by atoms with Gasteiger partial charge in [0.25, 0.3) is 0 Å². The van der Waals surface area contributed by atoms with E-state index in [4.69, 9.17) is 16.3 Å². The minimum Gasteiger partial charge on any atom is -0.489 e. The van der Waals surface area contributed by atoms with Gasteiger partial charge in [-0.2, -0.15) is 5.10 Å². The summed E-state index contributed by atoms with van der Waals surface area (Å²) in [7, 11) is 0. The van der Waals surface area contributed by atoms with Crippen LogP contribution in [0.5, 0.6) is 5.75 Å². The number of hydrogen-bond donors (Lipinski definition) is 1. The van der Waals surface area contributed by atoms with Crippen molar-refractivity contribution in [2.24, 2.45) is 0 Å². The lowest BCUT2D eigenvalue weighted by Gasteiger charge is -2.06. The van der Waals surface area contributed by atoms with E-state index in [1.54, 1.807) is 24.3 Å². The number of rotatable bonds is 5. The number of aryl methyl sites for hydroxylation is 1. The molecule has 0 unspecified atom stereocenters. The van der Waals surface area contributed by atoms with Crippen LogP contribution in [0.4, 0.5) is 0 Å². The Bertz CT molecular complexity index is 595. The minimum absolute atomic E-state index is 0.141. The van der Waals surface area contributed by atoms with E-state index in [0.717, 1.165) is 0 Å². The molecule has 0 saturated carbocycles. The fourth-order valence-corrected chi connectivity index (χ4v) is 1.92. The summed E-state index contributed by atoms with van der Waals surface area (Å²) in [6.45, 7) is 2.47. The lowest BCUT2D eigenvalue weighted by Crippen LogP contribution is -2.11. The fourth-order valence-electron chi connectivity index (χ4n) is 1.74. The molecule has 0 bridgehead atoms. The van der Waals surface area contributed by atoms with Crippen LogP contribution in [0.1, 0.15) is 23.0 Å². The Labute approximate surface area is 115 Å². The summed E-state index contributed by atoms with van der Waals surface area (Å²) >= 11 is 5.84. The molecule has 0 saturated heterocycles. The molecular formula is C13H13ClN2O3. The first-order chi connectivity index (χ1) is 9.11. The average Bonchev–Trinajstić information content (AvgIpc) is 2.79. The van der Waals surface area contributed by atoms with Crippen molar-refractivity contribution in [2.45, 2.75) is 20.1 Å². The Kier molecular flexibility index (Phi) is 4.06. The first-order valence-electron chi connectivity index (χ1n) is 5.78. The molecule has 6 heteroatoms. The molecule has 2 rings (SSSR count). The fraction of sp³-hybridized carbons (Fsp3) is 0.231. The highest BCUT2D eigenvalue weighted by molar-refractivity contribution is 6.30. The van der Waals surface area contributed by atoms with E-state index < -0.39 is 5.97 Å². The second kappa shape index (κ2) is 5.75. The number of carboxylic acid groups (broad SMARTS) is 1. The average molecular weight is 281 g/mol. The number of benzene rings is 1. The van der Waals surface area contributed by atoms with Crippen molar-refractivity contribution in [3.8, 4) is 5.75 Å². The van der Waals surface area contributed by atoms with Crippen LogP contribution in [0.3, 0.4) is 0 Å². The summed E-state index contributed by atoms with van der Waals surface area (Å²) in [5, 5.41) is 13.8. The van der Waals surface area contributed by atoms with Crippen LogP contribution in [0.15, 0.2) is 30.5 Å². The number of carboxylic acids is 1. The van der Waals surface area contributed by atoms with Gasteiger partial charge in [-0.3, -0.25) is 4.68 Å². The molecule has 1 heterocycles. The van der Waals surface area contributed by atoms with Gasteiger partial charge in [0.15, 0.2) is 5.69 Å². The normalized spacial score (nSPS) is 10.4. The van der Waals surface area contributed by atoms with Crippen LogP contribution in [0.25, 0.3) is 0 Å². The van der Waals surface area contributed by atoms with E-state index in [0.29, 0.717) is 22.9 Å². The van der Waals surface area contributed by atoms with Gasteiger partial charge in [0.1, 0.15) is 12.4 Å². The van der Waals surface area contributed by atoms with Gasteiger partial charge >= 0.3 is 5.97 Å². The van der Waals surface area contributed by atoms with E-state index in [-0.39, 0.29) is 12.3 Å². The van der Waals surface area contributed by atoms with Gasteiger partial charge in [-0.1, -0.05) is 17.7 Å². The summed E-state index contributed by atoms with van der Waals surface area (Å²) in [4.78, 5) is 11.2. The number of ether oxygens (including phenoxy) is 1. The molecule has 1 aromatic heterocycles. The lowest BCUT2D eigenvalue weighted by molar-refractivity contribution is 0.0680. The van der Waals surface area contributed by atoms with Gasteiger partial charge in [-0.15, -0.1) is 0 Å². The summed E-state index contributed by atoms with van der Waals surface area (Å²) in [5.74, 6) is -0.419. The van der Waals surface area contributed by atoms with Crippen LogP contribution in [-0.4, -0.2) is 20.9 Å².